The lowest BCUT2D eigenvalue weighted by Crippen LogP contribution is -1.97. The van der Waals surface area contributed by atoms with Crippen molar-refractivity contribution in [3.8, 4) is 5.75 Å². The van der Waals surface area contributed by atoms with Gasteiger partial charge >= 0.3 is 0 Å². The molecule has 0 spiro atoms. The monoisotopic (exact) mass is 314 g/mol. The lowest BCUT2D eigenvalue weighted by Gasteiger charge is -2.22. The number of rotatable bonds is 4. The summed E-state index contributed by atoms with van der Waals surface area (Å²) in [6.45, 7) is 0. The van der Waals surface area contributed by atoms with E-state index in [4.69, 9.17) is 16.3 Å². The molecule has 0 unspecified atom stereocenters. The van der Waals surface area contributed by atoms with Gasteiger partial charge in [-0.1, -0.05) is 23.7 Å². The van der Waals surface area contributed by atoms with Crippen LogP contribution >= 0.6 is 11.6 Å². The molecule has 7 heteroatoms. The largest absolute Gasteiger partial charge is 0.573 e. The fourth-order valence-electron chi connectivity index (χ4n) is 1.48. The van der Waals surface area contributed by atoms with Crippen molar-refractivity contribution in [2.24, 2.45) is 0 Å². The number of hydrogen-bond donors (Lipinski definition) is 0. The molecule has 2 aromatic rings. The van der Waals surface area contributed by atoms with Crippen LogP contribution in [0, 0.1) is 5.82 Å². The van der Waals surface area contributed by atoms with Gasteiger partial charge < -0.3 is 9.46 Å². The van der Waals surface area contributed by atoms with Crippen molar-refractivity contribution < 1.29 is 17.5 Å². The normalized spacial score (nSPS) is 11.2. The minimum atomic E-state index is -3.88. The maximum atomic E-state index is 13.0. The zero-order valence-electron chi connectivity index (χ0n) is 10.4. The molecule has 0 saturated carbocycles. The molecule has 20 heavy (non-hydrogen) atoms. The van der Waals surface area contributed by atoms with Crippen LogP contribution < -0.4 is 4.74 Å². The zero-order chi connectivity index (χ0) is 14.8. The van der Waals surface area contributed by atoms with Crippen molar-refractivity contribution in [3.05, 3.63) is 58.0 Å². The Labute approximate surface area is 121 Å². The van der Waals surface area contributed by atoms with Crippen molar-refractivity contribution in [1.82, 2.24) is 0 Å². The van der Waals surface area contributed by atoms with Crippen LogP contribution in [0.2, 0.25) is 5.02 Å². The van der Waals surface area contributed by atoms with E-state index in [1.165, 1.54) is 37.4 Å². The second-order valence-corrected chi connectivity index (χ2v) is 5.85. The molecular weight excluding hydrogens is 305 g/mol. The van der Waals surface area contributed by atoms with Crippen LogP contribution in [-0.4, -0.2) is 15.5 Å². The number of methoxy groups -OCH3 is 1. The molecule has 0 heterocycles. The Morgan fingerprint density at radius 1 is 1.15 bits per heavy atom. The third-order valence-electron chi connectivity index (χ3n) is 2.49. The first kappa shape index (κ1) is 14.6. The predicted octanol–water partition coefficient (Wildman–Crippen LogP) is 3.88. The Balaban J connectivity index is 2.27. The molecule has 0 fully saturated rings. The van der Waals surface area contributed by atoms with Gasteiger partial charge in [-0.2, -0.15) is 0 Å². The molecule has 2 aromatic carbocycles. The SMILES string of the molecule is COc1ccc(S(=O)(=O)[N-]c2ccc(F)c(Cl)c2)cc1. The third kappa shape index (κ3) is 3.20. The van der Waals surface area contributed by atoms with Gasteiger partial charge in [0, 0.05) is 0 Å². The first-order chi connectivity index (χ1) is 9.42. The topological polar surface area (TPSA) is 57.5 Å². The van der Waals surface area contributed by atoms with Crippen LogP contribution in [0.15, 0.2) is 47.4 Å². The molecule has 0 aromatic heterocycles. The van der Waals surface area contributed by atoms with E-state index in [2.05, 4.69) is 4.72 Å². The Bertz CT molecular complexity index is 717. The number of benzene rings is 2. The van der Waals surface area contributed by atoms with Crippen LogP contribution in [0.4, 0.5) is 10.1 Å². The molecule has 0 aliphatic rings. The van der Waals surface area contributed by atoms with E-state index in [0.29, 0.717) is 5.75 Å². The van der Waals surface area contributed by atoms with E-state index in [-0.39, 0.29) is 15.6 Å². The molecule has 0 saturated heterocycles. The van der Waals surface area contributed by atoms with Crippen molar-refractivity contribution >= 4 is 27.3 Å². The van der Waals surface area contributed by atoms with Crippen molar-refractivity contribution in [3.63, 3.8) is 0 Å². The van der Waals surface area contributed by atoms with Crippen LogP contribution in [0.3, 0.4) is 0 Å². The maximum absolute atomic E-state index is 13.0. The summed E-state index contributed by atoms with van der Waals surface area (Å²) >= 11 is 5.58. The molecular formula is C13H10ClFNO3S-. The highest BCUT2D eigenvalue weighted by Crippen LogP contribution is 2.31. The molecule has 0 bridgehead atoms. The summed E-state index contributed by atoms with van der Waals surface area (Å²) in [5.74, 6) is -0.0961. The van der Waals surface area contributed by atoms with Gasteiger partial charge in [0.25, 0.3) is 0 Å². The van der Waals surface area contributed by atoms with Gasteiger partial charge in [0.2, 0.25) is 0 Å². The van der Waals surface area contributed by atoms with Gasteiger partial charge in [-0.15, -0.1) is 5.69 Å². The van der Waals surface area contributed by atoms with E-state index < -0.39 is 15.8 Å². The molecule has 0 amide bonds. The van der Waals surface area contributed by atoms with Gasteiger partial charge in [-0.05, 0) is 30.3 Å². The average Bonchev–Trinajstić information content (AvgIpc) is 2.43. The highest BCUT2D eigenvalue weighted by molar-refractivity contribution is 7.94. The van der Waals surface area contributed by atoms with Crippen molar-refractivity contribution in [2.45, 2.75) is 4.90 Å². The molecule has 2 rings (SSSR count). The first-order valence-electron chi connectivity index (χ1n) is 5.49. The zero-order valence-corrected chi connectivity index (χ0v) is 12.0. The summed E-state index contributed by atoms with van der Waals surface area (Å²) in [7, 11) is -2.40. The van der Waals surface area contributed by atoms with Gasteiger partial charge in [0.15, 0.2) is 0 Å². The van der Waals surface area contributed by atoms with E-state index in [1.807, 2.05) is 0 Å². The first-order valence-corrected chi connectivity index (χ1v) is 7.31. The number of hydrogen-bond acceptors (Lipinski definition) is 3. The highest BCUT2D eigenvalue weighted by atomic mass is 35.5. The van der Waals surface area contributed by atoms with Crippen LogP contribution in [0.1, 0.15) is 0 Å². The lowest BCUT2D eigenvalue weighted by atomic mass is 10.3. The molecule has 0 aliphatic heterocycles. The maximum Gasteiger partial charge on any atom is 0.141 e. The standard InChI is InChI=1S/C13H10ClFNO3S/c1-19-10-3-5-11(6-4-10)20(17,18)16-9-2-7-13(15)12(14)8-9/h2-8H,1H3/q-1. The van der Waals surface area contributed by atoms with Crippen LogP contribution in [0.25, 0.3) is 4.72 Å². The molecule has 0 aliphatic carbocycles. The molecule has 106 valence electrons. The van der Waals surface area contributed by atoms with Crippen molar-refractivity contribution in [2.75, 3.05) is 7.11 Å². The minimum absolute atomic E-state index is 0.0127. The summed E-state index contributed by atoms with van der Waals surface area (Å²) in [6.07, 6.45) is 0. The predicted molar refractivity (Wildman–Crippen MR) is 74.6 cm³/mol. The second-order valence-electron chi connectivity index (χ2n) is 3.84. The Hall–Kier alpha value is -1.79. The van der Waals surface area contributed by atoms with E-state index in [1.54, 1.807) is 0 Å². The summed E-state index contributed by atoms with van der Waals surface area (Å²) in [6, 6.07) is 9.23. The van der Waals surface area contributed by atoms with Gasteiger partial charge in [-0.3, -0.25) is 0 Å². The van der Waals surface area contributed by atoms with Gasteiger partial charge in [0.05, 0.1) is 17.0 Å². The Kier molecular flexibility index (Phi) is 4.15. The van der Waals surface area contributed by atoms with Crippen molar-refractivity contribution in [1.29, 1.82) is 0 Å². The number of nitrogens with zero attached hydrogens (tertiary/aromatic N) is 1. The van der Waals surface area contributed by atoms with E-state index in [0.717, 1.165) is 12.1 Å². The minimum Gasteiger partial charge on any atom is -0.573 e. The quantitative estimate of drug-likeness (QED) is 0.860. The third-order valence-corrected chi connectivity index (χ3v) is 4.09. The number of sulfonamides is 1. The van der Waals surface area contributed by atoms with E-state index >= 15 is 0 Å². The molecule has 0 N–H and O–H groups in total. The van der Waals surface area contributed by atoms with Gasteiger partial charge in [0.1, 0.15) is 21.6 Å². The fraction of sp³-hybridized carbons (Fsp3) is 0.0769. The number of halogens is 2. The van der Waals surface area contributed by atoms with Gasteiger partial charge in [-0.25, -0.2) is 12.8 Å². The average molecular weight is 315 g/mol. The highest BCUT2D eigenvalue weighted by Gasteiger charge is 2.06. The Morgan fingerprint density at radius 3 is 2.35 bits per heavy atom. The summed E-state index contributed by atoms with van der Waals surface area (Å²) in [5, 5.41) is -0.184. The fourth-order valence-corrected chi connectivity index (χ4v) is 2.63. The van der Waals surface area contributed by atoms with Crippen LogP contribution in [0.5, 0.6) is 5.75 Å². The smallest absolute Gasteiger partial charge is 0.141 e. The van der Waals surface area contributed by atoms with Crippen LogP contribution in [-0.2, 0) is 10.0 Å². The van der Waals surface area contributed by atoms with E-state index in [9.17, 15) is 12.8 Å². The Morgan fingerprint density at radius 2 is 1.80 bits per heavy atom. The molecule has 0 atom stereocenters. The second kappa shape index (κ2) is 5.68. The molecule has 0 radical (unpaired) electrons. The summed E-state index contributed by atoms with van der Waals surface area (Å²) in [5.41, 5.74) is 0.0622. The number of ether oxygens (including phenoxy) is 1. The lowest BCUT2D eigenvalue weighted by molar-refractivity contribution is 0.414. The molecule has 4 nitrogen and oxygen atoms in total. The summed E-state index contributed by atoms with van der Waals surface area (Å²) in [4.78, 5) is 0.0127. The summed E-state index contributed by atoms with van der Waals surface area (Å²) < 4.78 is 45.7.